The molecule has 2 atom stereocenters. The second-order valence-corrected chi connectivity index (χ2v) is 5.71. The smallest absolute Gasteiger partial charge is 0.256 e. The lowest BCUT2D eigenvalue weighted by Crippen LogP contribution is -2.62. The van der Waals surface area contributed by atoms with E-state index >= 15 is 0 Å². The molecule has 2 fully saturated rings. The van der Waals surface area contributed by atoms with Crippen molar-refractivity contribution < 1.29 is 9.59 Å². The zero-order valence-electron chi connectivity index (χ0n) is 11.6. The number of rotatable bonds is 1. The third-order valence-electron chi connectivity index (χ3n) is 4.17. The van der Waals surface area contributed by atoms with Gasteiger partial charge in [-0.2, -0.15) is 0 Å². The lowest BCUT2D eigenvalue weighted by Gasteiger charge is -2.43. The van der Waals surface area contributed by atoms with Crippen molar-refractivity contribution in [2.45, 2.75) is 44.7 Å². The number of pyridine rings is 1. The van der Waals surface area contributed by atoms with E-state index in [0.717, 1.165) is 31.2 Å². The number of aryl methyl sites for hydroxylation is 1. The van der Waals surface area contributed by atoms with Gasteiger partial charge in [0, 0.05) is 18.4 Å². The van der Waals surface area contributed by atoms with E-state index < -0.39 is 0 Å². The maximum absolute atomic E-state index is 12.7. The van der Waals surface area contributed by atoms with Crippen LogP contribution in [0.3, 0.4) is 0 Å². The number of carbonyl (C=O) groups is 2. The SMILES string of the molecule is Cc1cncc(C(=O)N2CC(=O)N[C@H]3CCCC[C@H]32)c1. The summed E-state index contributed by atoms with van der Waals surface area (Å²) in [5.74, 6) is -0.130. The minimum absolute atomic E-state index is 0.0536. The molecule has 20 heavy (non-hydrogen) atoms. The Morgan fingerprint density at radius 1 is 1.35 bits per heavy atom. The van der Waals surface area contributed by atoms with Gasteiger partial charge in [0.1, 0.15) is 6.54 Å². The first-order valence-corrected chi connectivity index (χ1v) is 7.17. The molecule has 1 aliphatic heterocycles. The van der Waals surface area contributed by atoms with Gasteiger partial charge in [-0.3, -0.25) is 14.6 Å². The van der Waals surface area contributed by atoms with Crippen molar-refractivity contribution in [1.29, 1.82) is 0 Å². The van der Waals surface area contributed by atoms with Crippen LogP contribution >= 0.6 is 0 Å². The highest BCUT2D eigenvalue weighted by Crippen LogP contribution is 2.27. The maximum atomic E-state index is 12.7. The van der Waals surface area contributed by atoms with Crippen LogP contribution < -0.4 is 5.32 Å². The molecule has 106 valence electrons. The molecule has 0 spiro atoms. The van der Waals surface area contributed by atoms with Gasteiger partial charge in [-0.25, -0.2) is 0 Å². The predicted octanol–water partition coefficient (Wildman–Crippen LogP) is 1.27. The second-order valence-electron chi connectivity index (χ2n) is 5.71. The quantitative estimate of drug-likeness (QED) is 0.838. The number of amides is 2. The normalized spacial score (nSPS) is 25.9. The van der Waals surface area contributed by atoms with Crippen LogP contribution in [0.4, 0.5) is 0 Å². The molecule has 2 amide bonds. The third-order valence-corrected chi connectivity index (χ3v) is 4.17. The molecule has 0 aromatic carbocycles. The highest BCUT2D eigenvalue weighted by molar-refractivity contribution is 5.97. The van der Waals surface area contributed by atoms with Crippen LogP contribution in [0.15, 0.2) is 18.5 Å². The molecule has 1 saturated carbocycles. The molecule has 1 saturated heterocycles. The molecule has 5 nitrogen and oxygen atoms in total. The largest absolute Gasteiger partial charge is 0.350 e. The van der Waals surface area contributed by atoms with Crippen molar-refractivity contribution in [3.63, 3.8) is 0 Å². The molecule has 0 unspecified atom stereocenters. The number of fused-ring (bicyclic) bond motifs is 1. The molecule has 0 radical (unpaired) electrons. The summed E-state index contributed by atoms with van der Waals surface area (Å²) in [6.07, 6.45) is 7.48. The average Bonchev–Trinajstić information content (AvgIpc) is 2.45. The van der Waals surface area contributed by atoms with E-state index in [0.29, 0.717) is 5.56 Å². The summed E-state index contributed by atoms with van der Waals surface area (Å²) in [7, 11) is 0. The first kappa shape index (κ1) is 13.1. The van der Waals surface area contributed by atoms with Crippen LogP contribution in [-0.2, 0) is 4.79 Å². The Hall–Kier alpha value is -1.91. The zero-order valence-corrected chi connectivity index (χ0v) is 11.6. The highest BCUT2D eigenvalue weighted by Gasteiger charge is 2.39. The summed E-state index contributed by atoms with van der Waals surface area (Å²) in [5.41, 5.74) is 1.53. The Bertz CT molecular complexity index is 544. The first-order chi connectivity index (χ1) is 9.65. The van der Waals surface area contributed by atoms with E-state index in [1.54, 1.807) is 17.3 Å². The van der Waals surface area contributed by atoms with Gasteiger partial charge in [-0.05, 0) is 31.4 Å². The van der Waals surface area contributed by atoms with Crippen LogP contribution in [0.5, 0.6) is 0 Å². The van der Waals surface area contributed by atoms with E-state index in [-0.39, 0.29) is 30.4 Å². The van der Waals surface area contributed by atoms with E-state index in [1.807, 2.05) is 13.0 Å². The van der Waals surface area contributed by atoms with Gasteiger partial charge < -0.3 is 10.2 Å². The fourth-order valence-corrected chi connectivity index (χ4v) is 3.24. The number of hydrogen-bond donors (Lipinski definition) is 1. The summed E-state index contributed by atoms with van der Waals surface area (Å²) >= 11 is 0. The van der Waals surface area contributed by atoms with Crippen LogP contribution in [0.2, 0.25) is 0 Å². The van der Waals surface area contributed by atoms with E-state index in [9.17, 15) is 9.59 Å². The van der Waals surface area contributed by atoms with Crippen LogP contribution in [0.25, 0.3) is 0 Å². The number of hydrogen-bond acceptors (Lipinski definition) is 3. The Kier molecular flexibility index (Phi) is 3.42. The van der Waals surface area contributed by atoms with Gasteiger partial charge in [0.2, 0.25) is 5.91 Å². The lowest BCUT2D eigenvalue weighted by atomic mass is 9.87. The topological polar surface area (TPSA) is 62.3 Å². The molecular formula is C15H19N3O2. The van der Waals surface area contributed by atoms with Gasteiger partial charge in [-0.15, -0.1) is 0 Å². The van der Waals surface area contributed by atoms with Gasteiger partial charge in [-0.1, -0.05) is 12.8 Å². The number of nitrogens with zero attached hydrogens (tertiary/aromatic N) is 2. The van der Waals surface area contributed by atoms with Crippen molar-refractivity contribution in [2.24, 2.45) is 0 Å². The molecule has 1 aliphatic carbocycles. The van der Waals surface area contributed by atoms with Gasteiger partial charge in [0.15, 0.2) is 0 Å². The Morgan fingerprint density at radius 2 is 2.15 bits per heavy atom. The van der Waals surface area contributed by atoms with Crippen molar-refractivity contribution in [1.82, 2.24) is 15.2 Å². The fraction of sp³-hybridized carbons (Fsp3) is 0.533. The summed E-state index contributed by atoms with van der Waals surface area (Å²) < 4.78 is 0. The van der Waals surface area contributed by atoms with E-state index in [2.05, 4.69) is 10.3 Å². The molecule has 2 heterocycles. The Labute approximate surface area is 118 Å². The standard InChI is InChI=1S/C15H19N3O2/c1-10-6-11(8-16-7-10)15(20)18-9-14(19)17-12-4-2-3-5-13(12)18/h6-8,12-13H,2-5,9H2,1H3,(H,17,19)/t12-,13+/m0/s1. The van der Waals surface area contributed by atoms with Crippen LogP contribution in [0, 0.1) is 6.92 Å². The van der Waals surface area contributed by atoms with Crippen LogP contribution in [-0.4, -0.2) is 40.3 Å². The zero-order chi connectivity index (χ0) is 14.1. The van der Waals surface area contributed by atoms with Gasteiger partial charge >= 0.3 is 0 Å². The number of carbonyl (C=O) groups excluding carboxylic acids is 2. The molecule has 2 aliphatic rings. The minimum Gasteiger partial charge on any atom is -0.350 e. The monoisotopic (exact) mass is 273 g/mol. The molecule has 1 aromatic heterocycles. The minimum atomic E-state index is -0.0760. The molecule has 1 aromatic rings. The Balaban J connectivity index is 1.86. The number of aromatic nitrogens is 1. The molecule has 0 bridgehead atoms. The summed E-state index contributed by atoms with van der Waals surface area (Å²) in [6.45, 7) is 2.07. The molecule has 1 N–H and O–H groups in total. The summed E-state index contributed by atoms with van der Waals surface area (Å²) in [4.78, 5) is 30.3. The molecular weight excluding hydrogens is 254 g/mol. The van der Waals surface area contributed by atoms with Crippen molar-refractivity contribution in [2.75, 3.05) is 6.54 Å². The second kappa shape index (κ2) is 5.23. The van der Waals surface area contributed by atoms with Crippen molar-refractivity contribution in [3.05, 3.63) is 29.6 Å². The van der Waals surface area contributed by atoms with E-state index in [1.165, 1.54) is 0 Å². The fourth-order valence-electron chi connectivity index (χ4n) is 3.24. The lowest BCUT2D eigenvalue weighted by molar-refractivity contribution is -0.127. The number of nitrogens with one attached hydrogen (secondary N) is 1. The van der Waals surface area contributed by atoms with Gasteiger partial charge in [0.25, 0.3) is 5.91 Å². The van der Waals surface area contributed by atoms with E-state index in [4.69, 9.17) is 0 Å². The Morgan fingerprint density at radius 3 is 2.95 bits per heavy atom. The molecule has 5 heteroatoms. The van der Waals surface area contributed by atoms with Crippen LogP contribution in [0.1, 0.15) is 41.6 Å². The average molecular weight is 273 g/mol. The predicted molar refractivity (Wildman–Crippen MR) is 74.2 cm³/mol. The van der Waals surface area contributed by atoms with Crippen molar-refractivity contribution in [3.8, 4) is 0 Å². The summed E-state index contributed by atoms with van der Waals surface area (Å²) in [5, 5.41) is 3.02. The third kappa shape index (κ3) is 2.40. The molecule has 3 rings (SSSR count). The first-order valence-electron chi connectivity index (χ1n) is 7.17. The maximum Gasteiger partial charge on any atom is 0.256 e. The highest BCUT2D eigenvalue weighted by atomic mass is 16.2. The number of piperazine rings is 1. The van der Waals surface area contributed by atoms with Gasteiger partial charge in [0.05, 0.1) is 11.6 Å². The van der Waals surface area contributed by atoms with Crippen molar-refractivity contribution >= 4 is 11.8 Å². The summed E-state index contributed by atoms with van der Waals surface area (Å²) in [6, 6.07) is 2.08.